The quantitative estimate of drug-likeness (QED) is 0.895. The molecule has 0 saturated carbocycles. The molecule has 0 aliphatic carbocycles. The number of carbonyl (C=O) groups excluding carboxylic acids is 1. The summed E-state index contributed by atoms with van der Waals surface area (Å²) < 4.78 is 0. The lowest BCUT2D eigenvalue weighted by molar-refractivity contribution is 0.0697. The summed E-state index contributed by atoms with van der Waals surface area (Å²) in [5, 5.41) is 3.24. The summed E-state index contributed by atoms with van der Waals surface area (Å²) >= 11 is 0. The molecule has 1 aromatic carbocycles. The Morgan fingerprint density at radius 2 is 1.96 bits per heavy atom. The predicted octanol–water partition coefficient (Wildman–Crippen LogP) is 4.08. The van der Waals surface area contributed by atoms with Crippen molar-refractivity contribution in [3.63, 3.8) is 0 Å². The molecule has 1 aliphatic rings. The molecule has 2 aromatic rings. The fourth-order valence-corrected chi connectivity index (χ4v) is 2.94. The van der Waals surface area contributed by atoms with Crippen molar-refractivity contribution in [2.45, 2.75) is 19.8 Å². The second-order valence-corrected chi connectivity index (χ2v) is 6.60. The molecule has 1 saturated heterocycles. The monoisotopic (exact) mass is 335 g/mol. The number of benzene rings is 1. The number of nitrogens with zero attached hydrogens (tertiary/aromatic N) is 2. The van der Waals surface area contributed by atoms with E-state index in [2.05, 4.69) is 41.5 Å². The molecule has 0 spiro atoms. The normalized spacial score (nSPS) is 15.5. The summed E-state index contributed by atoms with van der Waals surface area (Å²) in [6.07, 6.45) is 7.98. The lowest BCUT2D eigenvalue weighted by Crippen LogP contribution is -2.37. The van der Waals surface area contributed by atoms with Crippen molar-refractivity contribution in [2.75, 3.05) is 25.0 Å². The Labute approximate surface area is 149 Å². The van der Waals surface area contributed by atoms with Gasteiger partial charge in [-0.15, -0.1) is 0 Å². The van der Waals surface area contributed by atoms with Gasteiger partial charge in [-0.1, -0.05) is 49.4 Å². The average Bonchev–Trinajstić information content (AvgIpc) is 2.67. The summed E-state index contributed by atoms with van der Waals surface area (Å²) in [4.78, 5) is 18.8. The Bertz CT molecular complexity index is 702. The van der Waals surface area contributed by atoms with Gasteiger partial charge < -0.3 is 10.2 Å². The maximum absolute atomic E-state index is 12.5. The Balaban J connectivity index is 1.50. The van der Waals surface area contributed by atoms with Crippen LogP contribution in [0.2, 0.25) is 0 Å². The van der Waals surface area contributed by atoms with Crippen LogP contribution in [0.3, 0.4) is 0 Å². The zero-order chi connectivity index (χ0) is 17.5. The van der Waals surface area contributed by atoms with Crippen LogP contribution in [0.1, 0.15) is 35.7 Å². The van der Waals surface area contributed by atoms with Gasteiger partial charge in [0.1, 0.15) is 5.82 Å². The molecule has 130 valence electrons. The molecule has 1 aliphatic heterocycles. The van der Waals surface area contributed by atoms with E-state index in [0.29, 0.717) is 12.1 Å². The van der Waals surface area contributed by atoms with Crippen LogP contribution >= 0.6 is 0 Å². The van der Waals surface area contributed by atoms with E-state index in [0.717, 1.165) is 37.7 Å². The molecular weight excluding hydrogens is 310 g/mol. The van der Waals surface area contributed by atoms with Crippen LogP contribution in [-0.2, 0) is 0 Å². The molecule has 0 atom stereocenters. The minimum Gasteiger partial charge on any atom is -0.367 e. The van der Waals surface area contributed by atoms with Crippen molar-refractivity contribution >= 4 is 17.8 Å². The fourth-order valence-electron chi connectivity index (χ4n) is 2.94. The van der Waals surface area contributed by atoms with E-state index in [1.165, 1.54) is 5.56 Å². The molecule has 1 N–H and O–H groups in total. The minimum absolute atomic E-state index is 0.0925. The highest BCUT2D eigenvalue weighted by molar-refractivity contribution is 5.94. The van der Waals surface area contributed by atoms with Crippen molar-refractivity contribution in [3.05, 3.63) is 65.9 Å². The molecule has 0 bridgehead atoms. The average molecular weight is 335 g/mol. The van der Waals surface area contributed by atoms with Crippen LogP contribution < -0.4 is 5.32 Å². The minimum atomic E-state index is 0.0925. The lowest BCUT2D eigenvalue weighted by Gasteiger charge is -2.30. The Morgan fingerprint density at radius 3 is 2.64 bits per heavy atom. The van der Waals surface area contributed by atoms with Gasteiger partial charge in [-0.2, -0.15) is 0 Å². The molecule has 1 fully saturated rings. The zero-order valence-electron chi connectivity index (χ0n) is 14.7. The highest BCUT2D eigenvalue weighted by Gasteiger charge is 2.21. The molecule has 4 nitrogen and oxygen atoms in total. The Hall–Kier alpha value is -2.62. The molecule has 0 unspecified atom stereocenters. The summed E-state index contributed by atoms with van der Waals surface area (Å²) in [5.41, 5.74) is 1.84. The molecule has 2 heterocycles. The summed E-state index contributed by atoms with van der Waals surface area (Å²) in [6, 6.07) is 13.9. The van der Waals surface area contributed by atoms with Crippen LogP contribution in [0.25, 0.3) is 6.08 Å². The molecular formula is C21H25N3O. The number of piperidine rings is 1. The van der Waals surface area contributed by atoms with Gasteiger partial charge in [0.2, 0.25) is 0 Å². The first-order valence-electron chi connectivity index (χ1n) is 8.93. The number of amides is 1. The van der Waals surface area contributed by atoms with Gasteiger partial charge in [0.25, 0.3) is 5.91 Å². The number of likely N-dealkylation sites (tertiary alicyclic amines) is 1. The van der Waals surface area contributed by atoms with Crippen molar-refractivity contribution in [3.8, 4) is 0 Å². The highest BCUT2D eigenvalue weighted by atomic mass is 16.2. The molecule has 3 rings (SSSR count). The number of hydrogen-bond donors (Lipinski definition) is 1. The predicted molar refractivity (Wildman–Crippen MR) is 103 cm³/mol. The fraction of sp³-hybridized carbons (Fsp3) is 0.333. The van der Waals surface area contributed by atoms with E-state index >= 15 is 0 Å². The first-order valence-corrected chi connectivity index (χ1v) is 8.93. The van der Waals surface area contributed by atoms with E-state index in [1.807, 2.05) is 35.2 Å². The second kappa shape index (κ2) is 8.47. The number of anilines is 1. The molecule has 1 amide bonds. The van der Waals surface area contributed by atoms with E-state index in [-0.39, 0.29) is 5.91 Å². The number of hydrogen-bond acceptors (Lipinski definition) is 3. The van der Waals surface area contributed by atoms with Gasteiger partial charge in [-0.05, 0) is 36.5 Å². The Morgan fingerprint density at radius 1 is 1.20 bits per heavy atom. The summed E-state index contributed by atoms with van der Waals surface area (Å²) in [6.45, 7) is 4.64. The topological polar surface area (TPSA) is 45.2 Å². The third-order valence-electron chi connectivity index (χ3n) is 4.59. The smallest absolute Gasteiger partial charge is 0.255 e. The van der Waals surface area contributed by atoms with Crippen molar-refractivity contribution in [1.29, 1.82) is 0 Å². The van der Waals surface area contributed by atoms with Crippen molar-refractivity contribution in [1.82, 2.24) is 9.88 Å². The number of rotatable bonds is 5. The number of nitrogens with one attached hydrogen (secondary N) is 1. The zero-order valence-corrected chi connectivity index (χ0v) is 14.7. The van der Waals surface area contributed by atoms with Crippen LogP contribution in [-0.4, -0.2) is 35.4 Å². The third kappa shape index (κ3) is 4.92. The van der Waals surface area contributed by atoms with Crippen LogP contribution in [0.15, 0.2) is 54.7 Å². The van der Waals surface area contributed by atoms with Crippen LogP contribution in [0.4, 0.5) is 5.82 Å². The maximum Gasteiger partial charge on any atom is 0.255 e. The van der Waals surface area contributed by atoms with Gasteiger partial charge in [-0.25, -0.2) is 4.98 Å². The van der Waals surface area contributed by atoms with Crippen molar-refractivity contribution < 1.29 is 4.79 Å². The van der Waals surface area contributed by atoms with Crippen LogP contribution in [0.5, 0.6) is 0 Å². The molecule has 0 radical (unpaired) electrons. The van der Waals surface area contributed by atoms with Gasteiger partial charge >= 0.3 is 0 Å². The maximum atomic E-state index is 12.5. The number of aromatic nitrogens is 1. The lowest BCUT2D eigenvalue weighted by atomic mass is 9.99. The summed E-state index contributed by atoms with van der Waals surface area (Å²) in [7, 11) is 0. The largest absolute Gasteiger partial charge is 0.367 e. The van der Waals surface area contributed by atoms with E-state index < -0.39 is 0 Å². The van der Waals surface area contributed by atoms with Gasteiger partial charge in [0.15, 0.2) is 0 Å². The number of carbonyl (C=O) groups is 1. The molecule has 4 heteroatoms. The van der Waals surface area contributed by atoms with Gasteiger partial charge in [-0.3, -0.25) is 4.79 Å². The Kier molecular flexibility index (Phi) is 5.83. The van der Waals surface area contributed by atoms with Crippen LogP contribution in [0, 0.1) is 5.92 Å². The van der Waals surface area contributed by atoms with Gasteiger partial charge in [0, 0.05) is 25.8 Å². The molecule has 1 aromatic heterocycles. The SMILES string of the molecule is CC1CCN(C(=O)c2ccc(NC/C=C/c3ccccc3)nc2)CC1. The standard InChI is InChI=1S/C21H25N3O/c1-17-11-14-24(15-12-17)21(25)19-9-10-20(23-16-19)22-13-5-8-18-6-3-2-4-7-18/h2-10,16-17H,11-15H2,1H3,(H,22,23)/b8-5+. The summed E-state index contributed by atoms with van der Waals surface area (Å²) in [5.74, 6) is 1.59. The highest BCUT2D eigenvalue weighted by Crippen LogP contribution is 2.18. The first kappa shape index (κ1) is 17.2. The van der Waals surface area contributed by atoms with E-state index in [9.17, 15) is 4.79 Å². The van der Waals surface area contributed by atoms with Gasteiger partial charge in [0.05, 0.1) is 5.56 Å². The van der Waals surface area contributed by atoms with E-state index in [4.69, 9.17) is 0 Å². The third-order valence-corrected chi connectivity index (χ3v) is 4.59. The second-order valence-electron chi connectivity index (χ2n) is 6.60. The van der Waals surface area contributed by atoms with E-state index in [1.54, 1.807) is 6.20 Å². The molecule has 25 heavy (non-hydrogen) atoms. The first-order chi connectivity index (χ1) is 12.2. The van der Waals surface area contributed by atoms with Crippen molar-refractivity contribution in [2.24, 2.45) is 5.92 Å². The number of pyridine rings is 1.